The zero-order chi connectivity index (χ0) is 24.0. The van der Waals surface area contributed by atoms with E-state index in [2.05, 4.69) is 26.3 Å². The maximum atomic E-state index is 12.4. The Kier molecular flexibility index (Phi) is 7.75. The minimum absolute atomic E-state index is 0.153. The van der Waals surface area contributed by atoms with Crippen LogP contribution in [0.15, 0.2) is 30.3 Å². The summed E-state index contributed by atoms with van der Waals surface area (Å²) in [5.41, 5.74) is 2.79. The van der Waals surface area contributed by atoms with Crippen molar-refractivity contribution < 1.29 is 19.1 Å². The fraction of sp³-hybridized carbons (Fsp3) is 0.458. The van der Waals surface area contributed by atoms with Crippen LogP contribution in [-0.2, 0) is 16.0 Å². The van der Waals surface area contributed by atoms with Gasteiger partial charge in [-0.3, -0.25) is 4.79 Å². The van der Waals surface area contributed by atoms with Crippen LogP contribution in [0.1, 0.15) is 49.2 Å². The molecule has 0 aliphatic carbocycles. The number of alkyl carbamates (subject to hydrolysis) is 1. The molecule has 0 fully saturated rings. The van der Waals surface area contributed by atoms with Gasteiger partial charge in [-0.2, -0.15) is 0 Å². The minimum Gasteiger partial charge on any atom is -0.444 e. The van der Waals surface area contributed by atoms with Gasteiger partial charge < -0.3 is 30.7 Å². The number of nitrogens with zero attached hydrogens (tertiary/aromatic N) is 1. The maximum absolute atomic E-state index is 12.4. The first-order valence-electron chi connectivity index (χ1n) is 11.1. The number of benzene rings is 1. The first-order valence-corrected chi connectivity index (χ1v) is 11.1. The molecule has 0 spiro atoms. The van der Waals surface area contributed by atoms with Crippen LogP contribution in [0, 0.1) is 6.92 Å². The number of anilines is 3. The quantitative estimate of drug-likeness (QED) is 0.456. The highest BCUT2D eigenvalue weighted by Crippen LogP contribution is 2.28. The predicted octanol–water partition coefficient (Wildman–Crippen LogP) is 3.72. The molecule has 2 aromatic rings. The second kappa shape index (κ2) is 10.5. The Balaban J connectivity index is 1.75. The maximum Gasteiger partial charge on any atom is 0.408 e. The highest BCUT2D eigenvalue weighted by molar-refractivity contribution is 6.03. The Morgan fingerprint density at radius 1 is 1.24 bits per heavy atom. The third-order valence-corrected chi connectivity index (χ3v) is 4.86. The summed E-state index contributed by atoms with van der Waals surface area (Å²) in [5.74, 6) is 0.919. The molecule has 4 N–H and O–H groups in total. The van der Waals surface area contributed by atoms with Crippen molar-refractivity contribution in [2.45, 2.75) is 52.8 Å². The second-order valence-corrected chi connectivity index (χ2v) is 8.95. The largest absolute Gasteiger partial charge is 0.444 e. The fourth-order valence-corrected chi connectivity index (χ4v) is 3.32. The molecule has 1 aromatic heterocycles. The van der Waals surface area contributed by atoms with Crippen LogP contribution in [0.2, 0.25) is 0 Å². The number of hydrogen-bond acceptors (Lipinski definition) is 7. The van der Waals surface area contributed by atoms with E-state index in [4.69, 9.17) is 9.47 Å². The highest BCUT2D eigenvalue weighted by Gasteiger charge is 2.26. The van der Waals surface area contributed by atoms with E-state index in [9.17, 15) is 9.59 Å². The third kappa shape index (κ3) is 7.08. The molecule has 1 atom stereocenters. The van der Waals surface area contributed by atoms with Gasteiger partial charge in [-0.1, -0.05) is 17.7 Å². The molecular formula is C24H33N5O4. The molecule has 178 valence electrons. The van der Waals surface area contributed by atoms with Gasteiger partial charge in [0.15, 0.2) is 0 Å². The average molecular weight is 456 g/mol. The van der Waals surface area contributed by atoms with Gasteiger partial charge in [0.05, 0.1) is 18.2 Å². The van der Waals surface area contributed by atoms with E-state index in [1.54, 1.807) is 0 Å². The molecule has 1 aliphatic rings. The summed E-state index contributed by atoms with van der Waals surface area (Å²) in [7, 11) is 0. The van der Waals surface area contributed by atoms with Crippen molar-refractivity contribution in [3.63, 3.8) is 0 Å². The van der Waals surface area contributed by atoms with Crippen LogP contribution in [0.5, 0.6) is 0 Å². The number of rotatable bonds is 9. The molecule has 1 aromatic carbocycles. The normalized spacial score (nSPS) is 13.7. The molecule has 33 heavy (non-hydrogen) atoms. The number of hydrogen-bond donors (Lipinski definition) is 4. The lowest BCUT2D eigenvalue weighted by atomic mass is 10.1. The molecule has 1 aliphatic heterocycles. The lowest BCUT2D eigenvalue weighted by molar-refractivity contribution is 0.0456. The molecule has 0 saturated carbocycles. The number of aryl methyl sites for hydroxylation is 1. The van der Waals surface area contributed by atoms with Crippen LogP contribution in [0.25, 0.3) is 0 Å². The third-order valence-electron chi connectivity index (χ3n) is 4.86. The molecule has 0 bridgehead atoms. The van der Waals surface area contributed by atoms with Crippen LogP contribution in [-0.4, -0.2) is 48.4 Å². The summed E-state index contributed by atoms with van der Waals surface area (Å²) in [6.45, 7) is 11.0. The van der Waals surface area contributed by atoms with Gasteiger partial charge in [-0.25, -0.2) is 9.78 Å². The van der Waals surface area contributed by atoms with E-state index in [1.165, 1.54) is 0 Å². The van der Waals surface area contributed by atoms with E-state index in [0.29, 0.717) is 43.5 Å². The lowest BCUT2D eigenvalue weighted by Gasteiger charge is -2.24. The SMILES string of the molecule is CCOC[C@@H](CNc1cc2c(c(Nc3ccc(C)cc3)n1)C(=O)NC2)NC(=O)OC(C)(C)C. The van der Waals surface area contributed by atoms with Gasteiger partial charge in [0.1, 0.15) is 17.2 Å². The van der Waals surface area contributed by atoms with Gasteiger partial charge in [-0.15, -0.1) is 0 Å². The predicted molar refractivity (Wildman–Crippen MR) is 128 cm³/mol. The number of carbonyl (C=O) groups excluding carboxylic acids is 2. The summed E-state index contributed by atoms with van der Waals surface area (Å²) in [6, 6.07) is 9.39. The van der Waals surface area contributed by atoms with Gasteiger partial charge in [0, 0.05) is 25.4 Å². The summed E-state index contributed by atoms with van der Waals surface area (Å²) in [4.78, 5) is 29.2. The molecule has 3 rings (SSSR count). The number of pyridine rings is 1. The van der Waals surface area contributed by atoms with Crippen molar-refractivity contribution in [2.75, 3.05) is 30.4 Å². The Hall–Kier alpha value is -3.33. The number of ether oxygens (including phenoxy) is 2. The standard InChI is InChI=1S/C24H33N5O4/c1-6-32-14-18(28-23(31)33-24(3,4)5)13-25-19-11-16-12-26-22(30)20(16)21(29-19)27-17-9-7-15(2)8-10-17/h7-11,18H,6,12-14H2,1-5H3,(H,26,30)(H,28,31)(H2,25,27,29)/t18-/m1/s1. The molecule has 2 amide bonds. The molecule has 2 heterocycles. The van der Waals surface area contributed by atoms with E-state index in [1.807, 2.05) is 65.0 Å². The molecule has 9 nitrogen and oxygen atoms in total. The molecule has 0 radical (unpaired) electrons. The van der Waals surface area contributed by atoms with Gasteiger partial charge >= 0.3 is 6.09 Å². The molecule has 9 heteroatoms. The molecule has 0 unspecified atom stereocenters. The first-order chi connectivity index (χ1) is 15.6. The van der Waals surface area contributed by atoms with E-state index < -0.39 is 11.7 Å². The number of fused-ring (bicyclic) bond motifs is 1. The van der Waals surface area contributed by atoms with Crippen molar-refractivity contribution in [2.24, 2.45) is 0 Å². The van der Waals surface area contributed by atoms with Crippen LogP contribution < -0.4 is 21.3 Å². The van der Waals surface area contributed by atoms with Crippen LogP contribution >= 0.6 is 0 Å². The van der Waals surface area contributed by atoms with Gasteiger partial charge in [-0.05, 0) is 58.4 Å². The average Bonchev–Trinajstić information content (AvgIpc) is 3.11. The smallest absolute Gasteiger partial charge is 0.408 e. The monoisotopic (exact) mass is 455 g/mol. The summed E-state index contributed by atoms with van der Waals surface area (Å²) >= 11 is 0. The number of aromatic nitrogens is 1. The van der Waals surface area contributed by atoms with Crippen molar-refractivity contribution in [3.8, 4) is 0 Å². The summed E-state index contributed by atoms with van der Waals surface area (Å²) < 4.78 is 10.9. The number of amides is 2. The van der Waals surface area contributed by atoms with Gasteiger partial charge in [0.25, 0.3) is 5.91 Å². The number of carbonyl (C=O) groups is 2. The van der Waals surface area contributed by atoms with Crippen LogP contribution in [0.4, 0.5) is 22.1 Å². The van der Waals surface area contributed by atoms with Crippen molar-refractivity contribution in [3.05, 3.63) is 47.0 Å². The first kappa shape index (κ1) is 24.3. The Bertz CT molecular complexity index is 986. The zero-order valence-electron chi connectivity index (χ0n) is 19.9. The Labute approximate surface area is 194 Å². The highest BCUT2D eigenvalue weighted by atomic mass is 16.6. The lowest BCUT2D eigenvalue weighted by Crippen LogP contribution is -2.45. The van der Waals surface area contributed by atoms with E-state index in [0.717, 1.165) is 16.8 Å². The van der Waals surface area contributed by atoms with Gasteiger partial charge in [0.2, 0.25) is 0 Å². The van der Waals surface area contributed by atoms with Crippen molar-refractivity contribution in [1.82, 2.24) is 15.6 Å². The second-order valence-electron chi connectivity index (χ2n) is 8.95. The summed E-state index contributed by atoms with van der Waals surface area (Å²) in [5, 5.41) is 12.2. The van der Waals surface area contributed by atoms with E-state index >= 15 is 0 Å². The Morgan fingerprint density at radius 2 is 1.97 bits per heavy atom. The van der Waals surface area contributed by atoms with E-state index in [-0.39, 0.29) is 11.9 Å². The number of nitrogens with one attached hydrogen (secondary N) is 4. The van der Waals surface area contributed by atoms with Crippen LogP contribution in [0.3, 0.4) is 0 Å². The van der Waals surface area contributed by atoms with Crippen molar-refractivity contribution in [1.29, 1.82) is 0 Å². The Morgan fingerprint density at radius 3 is 2.64 bits per heavy atom. The fourth-order valence-electron chi connectivity index (χ4n) is 3.32. The van der Waals surface area contributed by atoms with Crippen molar-refractivity contribution >= 4 is 29.3 Å². The zero-order valence-corrected chi connectivity index (χ0v) is 19.9. The topological polar surface area (TPSA) is 114 Å². The summed E-state index contributed by atoms with van der Waals surface area (Å²) in [6.07, 6.45) is -0.507. The molecule has 0 saturated heterocycles. The minimum atomic E-state index is -0.592. The molecular weight excluding hydrogens is 422 g/mol.